The van der Waals surface area contributed by atoms with Gasteiger partial charge in [-0.15, -0.1) is 0 Å². The number of carbonyl (C=O) groups is 4. The minimum atomic E-state index is -0.895. The number of amidine groups is 2. The van der Waals surface area contributed by atoms with Gasteiger partial charge in [-0.25, -0.2) is 30.2 Å². The van der Waals surface area contributed by atoms with Gasteiger partial charge in [0.15, 0.2) is 23.7 Å². The highest BCUT2D eigenvalue weighted by molar-refractivity contribution is 6.07. The second-order valence-corrected chi connectivity index (χ2v) is 16.5. The lowest BCUT2D eigenvalue weighted by Crippen LogP contribution is -2.64. The molecule has 0 aromatic carbocycles. The molecule has 4 heterocycles. The number of Topliss-reactive ketones (excluding diaryl/α,β-unsaturated/α-hetero) is 2. The van der Waals surface area contributed by atoms with Gasteiger partial charge in [0.1, 0.15) is 49.5 Å². The molecule has 4 aliphatic heterocycles. The van der Waals surface area contributed by atoms with Crippen molar-refractivity contribution < 1.29 is 81.9 Å². The molecule has 22 nitrogen and oxygen atoms in total. The van der Waals surface area contributed by atoms with Crippen LogP contribution < -0.4 is 44.2 Å². The summed E-state index contributed by atoms with van der Waals surface area (Å²) < 4.78 is 4.00. The van der Waals surface area contributed by atoms with Crippen molar-refractivity contribution in [3.8, 4) is 0 Å². The zero-order valence-electron chi connectivity index (χ0n) is 35.4. The van der Waals surface area contributed by atoms with Gasteiger partial charge in [0.2, 0.25) is 0 Å². The van der Waals surface area contributed by atoms with Crippen molar-refractivity contribution in [2.45, 2.75) is 159 Å². The molecule has 0 aromatic heterocycles. The topological polar surface area (TPSA) is 379 Å². The summed E-state index contributed by atoms with van der Waals surface area (Å²) >= 11 is 0. The smallest absolute Gasteiger partial charge is 0.362 e. The highest BCUT2D eigenvalue weighted by Crippen LogP contribution is 2.16. The number of carboxylic acids is 2. The number of hydrogen-bond acceptors (Lipinski definition) is 10. The summed E-state index contributed by atoms with van der Waals surface area (Å²) in [7, 11) is 0. The first-order valence-electron chi connectivity index (χ1n) is 21.3. The monoisotopic (exact) mass is 875 g/mol. The highest BCUT2D eigenvalue weighted by atomic mass is 16.4. The van der Waals surface area contributed by atoms with Gasteiger partial charge >= 0.3 is 11.9 Å². The third-order valence-electron chi connectivity index (χ3n) is 11.4. The fourth-order valence-corrected chi connectivity index (χ4v) is 7.28. The molecule has 0 aliphatic carbocycles. The molecule has 0 radical (unpaired) electrons. The first-order chi connectivity index (χ1) is 28.4. The maximum atomic E-state index is 11.3. The van der Waals surface area contributed by atoms with Crippen molar-refractivity contribution in [2.24, 2.45) is 9.98 Å². The van der Waals surface area contributed by atoms with Gasteiger partial charge in [-0.1, -0.05) is 7.43 Å². The van der Waals surface area contributed by atoms with Crippen LogP contribution in [0.25, 0.3) is 0 Å². The van der Waals surface area contributed by atoms with Crippen LogP contribution in [0.15, 0.2) is 9.98 Å². The Morgan fingerprint density at radius 1 is 0.590 bits per heavy atom. The first kappa shape index (κ1) is 53.0. The van der Waals surface area contributed by atoms with E-state index in [0.717, 1.165) is 37.4 Å². The van der Waals surface area contributed by atoms with Gasteiger partial charge in [-0.05, 0) is 38.5 Å². The SMILES string of the molecule is C.CC(=O)[C@@H]([NH3+])CCCN=C1NC2=[N+](CCCC[C@H]([NH3+])C(=O)O)C[C@@H](O)[C@@H](O)C[C@@H]2N1.CC(=O)[C@@H]([NH3+])CCCN=C1NC2=[N+](CCCC[C@H]([NH3+])C(=O)O)C[C@@H](O)[C@@H](O)C[C@H]2N1. The Morgan fingerprint density at radius 3 is 1.26 bits per heavy atom. The number of nitrogens with zero attached hydrogens (tertiary/aromatic N) is 4. The minimum Gasteiger partial charge on any atom is -0.477 e. The lowest BCUT2D eigenvalue weighted by atomic mass is 10.1. The molecular weight excluding hydrogens is 797 g/mol. The van der Waals surface area contributed by atoms with E-state index in [1.54, 1.807) is 13.8 Å². The second-order valence-electron chi connectivity index (χ2n) is 16.5. The molecule has 0 bridgehead atoms. The van der Waals surface area contributed by atoms with Crippen LogP contribution in [0.4, 0.5) is 0 Å². The van der Waals surface area contributed by atoms with Crippen molar-refractivity contribution in [1.29, 1.82) is 0 Å². The molecule has 0 saturated carbocycles. The summed E-state index contributed by atoms with van der Waals surface area (Å²) in [5.74, 6) is 1.35. The number of aliphatic carboxylic acids is 2. The van der Waals surface area contributed by atoms with Gasteiger partial charge in [0, 0.05) is 65.5 Å². The van der Waals surface area contributed by atoms with Gasteiger partial charge in [0.05, 0.1) is 25.3 Å². The van der Waals surface area contributed by atoms with E-state index in [1.807, 2.05) is 9.15 Å². The van der Waals surface area contributed by atoms with Crippen molar-refractivity contribution in [1.82, 2.24) is 21.3 Å². The first-order valence-corrected chi connectivity index (χ1v) is 21.3. The summed E-state index contributed by atoms with van der Waals surface area (Å²) in [5.41, 5.74) is 14.9. The summed E-state index contributed by atoms with van der Waals surface area (Å²) in [6, 6.07) is -2.00. The van der Waals surface area contributed by atoms with Crippen LogP contribution in [0, 0.1) is 0 Å². The predicted octanol–water partition coefficient (Wildman–Crippen LogP) is -6.79. The number of aliphatic hydroxyl groups excluding tert-OH is 4. The molecule has 61 heavy (non-hydrogen) atoms. The number of ketones is 2. The third kappa shape index (κ3) is 17.6. The summed E-state index contributed by atoms with van der Waals surface area (Å²) in [4.78, 5) is 53.3. The average Bonchev–Trinajstić information content (AvgIpc) is 3.74. The minimum absolute atomic E-state index is 0. The largest absolute Gasteiger partial charge is 0.477 e. The summed E-state index contributed by atoms with van der Waals surface area (Å²) in [6.45, 7) is 6.05. The average molecular weight is 875 g/mol. The van der Waals surface area contributed by atoms with E-state index in [4.69, 9.17) is 10.2 Å². The molecule has 0 unspecified atom stereocenters. The Balaban J connectivity index is 0.000000413. The molecule has 2 fully saturated rings. The number of aliphatic imine (C=N–C) groups is 2. The number of guanidine groups is 2. The zero-order valence-corrected chi connectivity index (χ0v) is 35.4. The van der Waals surface area contributed by atoms with Gasteiger partial charge in [0.25, 0.3) is 23.6 Å². The molecule has 22 N–H and O–H groups in total. The van der Waals surface area contributed by atoms with Crippen LogP contribution >= 0.6 is 0 Å². The number of quaternary nitrogens is 4. The zero-order chi connectivity index (χ0) is 44.5. The quantitative estimate of drug-likeness (QED) is 0.0355. The maximum absolute atomic E-state index is 11.3. The van der Waals surface area contributed by atoms with E-state index in [0.29, 0.717) is 103 Å². The highest BCUT2D eigenvalue weighted by Gasteiger charge is 2.43. The van der Waals surface area contributed by atoms with E-state index in [-0.39, 0.29) is 43.2 Å². The number of rotatable bonds is 22. The number of aliphatic hydroxyl groups is 4. The molecule has 22 heteroatoms. The van der Waals surface area contributed by atoms with Crippen molar-refractivity contribution >= 4 is 47.1 Å². The van der Waals surface area contributed by atoms with Crippen molar-refractivity contribution in [3.05, 3.63) is 0 Å². The number of fused-ring (bicyclic) bond motifs is 2. The van der Waals surface area contributed by atoms with Crippen molar-refractivity contribution in [3.63, 3.8) is 0 Å². The maximum Gasteiger partial charge on any atom is 0.362 e. The Bertz CT molecular complexity index is 1480. The number of nitrogens with one attached hydrogen (secondary N) is 4. The third-order valence-corrected chi connectivity index (χ3v) is 11.4. The van der Waals surface area contributed by atoms with Gasteiger partial charge in [-0.3, -0.25) is 18.7 Å². The van der Waals surface area contributed by atoms with Crippen LogP contribution in [-0.2, 0) is 19.2 Å². The molecule has 0 spiro atoms. The lowest BCUT2D eigenvalue weighted by molar-refractivity contribution is -0.540. The normalized spacial score (nSPS) is 26.7. The Hall–Kier alpha value is -4.16. The molecule has 0 aromatic rings. The second kappa shape index (κ2) is 26.3. The number of carboxylic acid groups (broad SMARTS) is 2. The fourth-order valence-electron chi connectivity index (χ4n) is 7.28. The van der Waals surface area contributed by atoms with Crippen LogP contribution in [0.3, 0.4) is 0 Å². The molecule has 10 atom stereocenters. The number of unbranched alkanes of at least 4 members (excludes halogenated alkanes) is 2. The predicted molar refractivity (Wildman–Crippen MR) is 224 cm³/mol. The Labute approximate surface area is 358 Å². The van der Waals surface area contributed by atoms with Crippen LogP contribution in [-0.4, -0.2) is 187 Å². The molecule has 348 valence electrons. The van der Waals surface area contributed by atoms with Crippen LogP contribution in [0.2, 0.25) is 0 Å². The lowest BCUT2D eigenvalue weighted by Gasteiger charge is -2.15. The van der Waals surface area contributed by atoms with Gasteiger partial charge < -0.3 is 64.2 Å². The molecule has 4 aliphatic rings. The molecular formula is C39H78N12O10+6. The van der Waals surface area contributed by atoms with Crippen LogP contribution in [0.5, 0.6) is 0 Å². The van der Waals surface area contributed by atoms with Gasteiger partial charge in [-0.2, -0.15) is 0 Å². The van der Waals surface area contributed by atoms with E-state index in [2.05, 4.69) is 54.2 Å². The van der Waals surface area contributed by atoms with E-state index >= 15 is 0 Å². The number of β-amino-alcohol motifs (C(OH)–C–C–N with tert-alkyl or cyclic N) is 2. The van der Waals surface area contributed by atoms with E-state index in [9.17, 15) is 39.6 Å². The van der Waals surface area contributed by atoms with E-state index in [1.165, 1.54) is 0 Å². The van der Waals surface area contributed by atoms with E-state index < -0.39 is 48.4 Å². The van der Waals surface area contributed by atoms with Crippen LogP contribution in [0.1, 0.15) is 98.3 Å². The standard InChI is InChI=1S/2C19H34N6O5.CH4/c2*1-11(26)12(20)6-4-7-22-19-23-14-9-15(27)16(28)10-25(17(14)24-19)8-3-2-5-13(21)18(29)30;/h2*12-16,27-28H,2-10,20-21H2,1H3,(H2,22,23,29,30);1H4/p+6/t12-,13-,14+,15-,16+;12-,13-,14-,15-,16+;/m00./s1. The molecule has 2 saturated heterocycles. The Morgan fingerprint density at radius 2 is 0.934 bits per heavy atom. The summed E-state index contributed by atoms with van der Waals surface area (Å²) in [6.07, 6.45) is 4.14. The molecule has 0 amide bonds. The molecule has 4 rings (SSSR count). The number of hydrogen-bond donors (Lipinski definition) is 14. The van der Waals surface area contributed by atoms with Crippen molar-refractivity contribution in [2.75, 3.05) is 39.3 Å². The fraction of sp³-hybridized carbons (Fsp3) is 0.795. The Kier molecular flexibility index (Phi) is 22.9. The summed E-state index contributed by atoms with van der Waals surface area (Å²) in [5, 5.41) is 71.9. The number of carbonyl (C=O) groups excluding carboxylic acids is 2.